The zero-order valence-corrected chi connectivity index (χ0v) is 12.6. The van der Waals surface area contributed by atoms with Crippen molar-refractivity contribution in [2.75, 3.05) is 19.8 Å². The summed E-state index contributed by atoms with van der Waals surface area (Å²) in [6.45, 7) is 8.90. The van der Waals surface area contributed by atoms with Crippen molar-refractivity contribution < 1.29 is 19.1 Å². The lowest BCUT2D eigenvalue weighted by Crippen LogP contribution is -2.42. The normalized spacial score (nSPS) is 11.8. The van der Waals surface area contributed by atoms with Gasteiger partial charge in [-0.15, -0.1) is 0 Å². The molecule has 5 nitrogen and oxygen atoms in total. The monoisotopic (exact) mass is 273 g/mol. The van der Waals surface area contributed by atoms with Gasteiger partial charge in [-0.3, -0.25) is 4.79 Å². The molecule has 112 valence electrons. The standard InChI is InChI=1S/C14H27NO4/c1-5-9-12(11-13(16)18-7-3)15(10-6-2)14(17)19-8-4/h12H,5-11H2,1-4H3. The number of amides is 1. The zero-order chi connectivity index (χ0) is 14.7. The second-order valence-corrected chi connectivity index (χ2v) is 4.34. The molecule has 0 aliphatic carbocycles. The summed E-state index contributed by atoms with van der Waals surface area (Å²) in [7, 11) is 0. The molecule has 0 aromatic carbocycles. The summed E-state index contributed by atoms with van der Waals surface area (Å²) in [5.74, 6) is -0.258. The first-order valence-corrected chi connectivity index (χ1v) is 7.19. The summed E-state index contributed by atoms with van der Waals surface area (Å²) in [5, 5.41) is 0. The van der Waals surface area contributed by atoms with Crippen molar-refractivity contribution >= 4 is 12.1 Å². The Bertz CT molecular complexity index is 268. The minimum Gasteiger partial charge on any atom is -0.466 e. The van der Waals surface area contributed by atoms with E-state index in [1.165, 1.54) is 0 Å². The maximum absolute atomic E-state index is 11.9. The highest BCUT2D eigenvalue weighted by atomic mass is 16.6. The summed E-state index contributed by atoms with van der Waals surface area (Å²) in [5.41, 5.74) is 0. The van der Waals surface area contributed by atoms with E-state index in [9.17, 15) is 9.59 Å². The molecule has 0 aromatic heterocycles. The molecule has 0 fully saturated rings. The molecule has 1 unspecified atom stereocenters. The van der Waals surface area contributed by atoms with Crippen LogP contribution in [-0.2, 0) is 14.3 Å². The van der Waals surface area contributed by atoms with E-state index in [4.69, 9.17) is 9.47 Å². The molecule has 1 amide bonds. The molecule has 0 heterocycles. The molecule has 0 N–H and O–H groups in total. The number of carbonyl (C=O) groups is 2. The van der Waals surface area contributed by atoms with Crippen molar-refractivity contribution in [2.24, 2.45) is 0 Å². The first-order valence-electron chi connectivity index (χ1n) is 7.19. The predicted octanol–water partition coefficient (Wildman–Crippen LogP) is 2.98. The van der Waals surface area contributed by atoms with E-state index in [1.54, 1.807) is 18.7 Å². The lowest BCUT2D eigenvalue weighted by Gasteiger charge is -2.30. The van der Waals surface area contributed by atoms with Crippen molar-refractivity contribution in [1.82, 2.24) is 4.90 Å². The average Bonchev–Trinajstić information content (AvgIpc) is 2.36. The molecule has 5 heteroatoms. The van der Waals surface area contributed by atoms with Gasteiger partial charge in [-0.1, -0.05) is 20.3 Å². The molecule has 19 heavy (non-hydrogen) atoms. The van der Waals surface area contributed by atoms with E-state index in [0.29, 0.717) is 19.8 Å². The summed E-state index contributed by atoms with van der Waals surface area (Å²) < 4.78 is 10.0. The van der Waals surface area contributed by atoms with E-state index >= 15 is 0 Å². The molecule has 0 bridgehead atoms. The van der Waals surface area contributed by atoms with Crippen LogP contribution >= 0.6 is 0 Å². The van der Waals surface area contributed by atoms with Gasteiger partial charge in [-0.05, 0) is 26.7 Å². The SMILES string of the molecule is CCCC(CC(=O)OCC)N(CCC)C(=O)OCC. The lowest BCUT2D eigenvalue weighted by molar-refractivity contribution is -0.144. The Morgan fingerprint density at radius 1 is 1.00 bits per heavy atom. The van der Waals surface area contributed by atoms with Gasteiger partial charge in [0.1, 0.15) is 0 Å². The van der Waals surface area contributed by atoms with Crippen molar-refractivity contribution in [3.05, 3.63) is 0 Å². The van der Waals surface area contributed by atoms with Gasteiger partial charge in [-0.2, -0.15) is 0 Å². The van der Waals surface area contributed by atoms with Gasteiger partial charge in [-0.25, -0.2) is 4.79 Å². The second-order valence-electron chi connectivity index (χ2n) is 4.34. The van der Waals surface area contributed by atoms with Gasteiger partial charge in [0.2, 0.25) is 0 Å². The van der Waals surface area contributed by atoms with E-state index in [2.05, 4.69) is 0 Å². The Hall–Kier alpha value is -1.26. The van der Waals surface area contributed by atoms with Crippen LogP contribution in [0.25, 0.3) is 0 Å². The van der Waals surface area contributed by atoms with Gasteiger partial charge in [0.25, 0.3) is 0 Å². The highest BCUT2D eigenvalue weighted by Gasteiger charge is 2.26. The molecule has 0 saturated heterocycles. The number of hydrogen-bond donors (Lipinski definition) is 0. The van der Waals surface area contributed by atoms with Gasteiger partial charge in [0, 0.05) is 12.6 Å². The smallest absolute Gasteiger partial charge is 0.410 e. The number of esters is 1. The number of rotatable bonds is 9. The minimum absolute atomic E-state index is 0.136. The third-order valence-electron chi connectivity index (χ3n) is 2.74. The Balaban J connectivity index is 4.73. The van der Waals surface area contributed by atoms with Crippen LogP contribution in [0.2, 0.25) is 0 Å². The fourth-order valence-corrected chi connectivity index (χ4v) is 1.98. The van der Waals surface area contributed by atoms with Gasteiger partial charge in [0.05, 0.1) is 19.6 Å². The van der Waals surface area contributed by atoms with Crippen LogP contribution in [0.1, 0.15) is 53.4 Å². The molecule has 0 saturated carbocycles. The van der Waals surface area contributed by atoms with Crippen molar-refractivity contribution in [3.8, 4) is 0 Å². The lowest BCUT2D eigenvalue weighted by atomic mass is 10.1. The maximum Gasteiger partial charge on any atom is 0.410 e. The number of carbonyl (C=O) groups excluding carboxylic acids is 2. The largest absolute Gasteiger partial charge is 0.466 e. The fourth-order valence-electron chi connectivity index (χ4n) is 1.98. The third kappa shape index (κ3) is 7.03. The summed E-state index contributed by atoms with van der Waals surface area (Å²) in [4.78, 5) is 25.2. The Morgan fingerprint density at radius 2 is 1.63 bits per heavy atom. The van der Waals surface area contributed by atoms with E-state index in [1.807, 2.05) is 13.8 Å². The Kier molecular flexibility index (Phi) is 9.94. The van der Waals surface area contributed by atoms with Crippen LogP contribution in [0.4, 0.5) is 4.79 Å². The fraction of sp³-hybridized carbons (Fsp3) is 0.857. The number of ether oxygens (including phenoxy) is 2. The highest BCUT2D eigenvalue weighted by Crippen LogP contribution is 2.14. The van der Waals surface area contributed by atoms with Crippen LogP contribution < -0.4 is 0 Å². The van der Waals surface area contributed by atoms with Crippen molar-refractivity contribution in [2.45, 2.75) is 59.4 Å². The van der Waals surface area contributed by atoms with Crippen LogP contribution in [0, 0.1) is 0 Å². The zero-order valence-electron chi connectivity index (χ0n) is 12.6. The first kappa shape index (κ1) is 17.7. The molecule has 0 radical (unpaired) electrons. The third-order valence-corrected chi connectivity index (χ3v) is 2.74. The predicted molar refractivity (Wildman–Crippen MR) is 74.0 cm³/mol. The van der Waals surface area contributed by atoms with Crippen LogP contribution in [-0.4, -0.2) is 42.8 Å². The molecule has 1 atom stereocenters. The minimum atomic E-state index is -0.341. The van der Waals surface area contributed by atoms with E-state index in [-0.39, 0.29) is 24.5 Å². The summed E-state index contributed by atoms with van der Waals surface area (Å²) in [6.07, 6.45) is 2.41. The molecule has 0 spiro atoms. The van der Waals surface area contributed by atoms with Crippen LogP contribution in [0.3, 0.4) is 0 Å². The van der Waals surface area contributed by atoms with Crippen LogP contribution in [0.5, 0.6) is 0 Å². The summed E-state index contributed by atoms with van der Waals surface area (Å²) >= 11 is 0. The molecule has 0 aliphatic rings. The van der Waals surface area contributed by atoms with Crippen LogP contribution in [0.15, 0.2) is 0 Å². The number of nitrogens with zero attached hydrogens (tertiary/aromatic N) is 1. The van der Waals surface area contributed by atoms with Crippen molar-refractivity contribution in [1.29, 1.82) is 0 Å². The van der Waals surface area contributed by atoms with Gasteiger partial charge < -0.3 is 14.4 Å². The Morgan fingerprint density at radius 3 is 2.11 bits per heavy atom. The topological polar surface area (TPSA) is 55.8 Å². The van der Waals surface area contributed by atoms with E-state index in [0.717, 1.165) is 19.3 Å². The average molecular weight is 273 g/mol. The molecular weight excluding hydrogens is 246 g/mol. The molecular formula is C14H27NO4. The Labute approximate surface area is 116 Å². The highest BCUT2D eigenvalue weighted by molar-refractivity contribution is 5.72. The number of hydrogen-bond acceptors (Lipinski definition) is 4. The first-order chi connectivity index (χ1) is 9.10. The molecule has 0 rings (SSSR count). The van der Waals surface area contributed by atoms with Crippen molar-refractivity contribution in [3.63, 3.8) is 0 Å². The molecule has 0 aromatic rings. The maximum atomic E-state index is 11.9. The second kappa shape index (κ2) is 10.6. The quantitative estimate of drug-likeness (QED) is 0.606. The van der Waals surface area contributed by atoms with Gasteiger partial charge >= 0.3 is 12.1 Å². The van der Waals surface area contributed by atoms with E-state index < -0.39 is 0 Å². The summed E-state index contributed by atoms with van der Waals surface area (Å²) in [6, 6.07) is -0.136. The van der Waals surface area contributed by atoms with Gasteiger partial charge in [0.15, 0.2) is 0 Å². The molecule has 0 aliphatic heterocycles.